The Hall–Kier alpha value is -2.47. The van der Waals surface area contributed by atoms with Crippen LogP contribution >= 0.6 is 11.8 Å². The van der Waals surface area contributed by atoms with Crippen LogP contribution in [0.1, 0.15) is 32.6 Å². The maximum absolute atomic E-state index is 12.5. The SMILES string of the molecule is CCOc1ccc(SCC(=O)N[C@H](c2nc3ccccc3[nH]2)C(C)C)cc1. The molecule has 0 saturated carbocycles. The third-order valence-electron chi connectivity index (χ3n) is 4.19. The van der Waals surface area contributed by atoms with Crippen LogP contribution in [0, 0.1) is 5.92 Å². The van der Waals surface area contributed by atoms with Gasteiger partial charge in [0.15, 0.2) is 0 Å². The topological polar surface area (TPSA) is 67.0 Å². The maximum Gasteiger partial charge on any atom is 0.230 e. The molecular weight excluding hydrogens is 358 g/mol. The van der Waals surface area contributed by atoms with Gasteiger partial charge in [-0.05, 0) is 49.2 Å². The Bertz CT molecular complexity index is 857. The summed E-state index contributed by atoms with van der Waals surface area (Å²) in [6.45, 7) is 6.77. The summed E-state index contributed by atoms with van der Waals surface area (Å²) >= 11 is 1.51. The van der Waals surface area contributed by atoms with Gasteiger partial charge in [-0.3, -0.25) is 4.79 Å². The minimum absolute atomic E-state index is 0.00644. The molecule has 3 aromatic rings. The van der Waals surface area contributed by atoms with Crippen LogP contribution in [0.4, 0.5) is 0 Å². The summed E-state index contributed by atoms with van der Waals surface area (Å²) in [5.74, 6) is 2.22. The zero-order valence-electron chi connectivity index (χ0n) is 15.9. The number of amides is 1. The number of thioether (sulfide) groups is 1. The number of fused-ring (bicyclic) bond motifs is 1. The number of H-pyrrole nitrogens is 1. The number of carbonyl (C=O) groups is 1. The van der Waals surface area contributed by atoms with Crippen molar-refractivity contribution in [3.63, 3.8) is 0 Å². The van der Waals surface area contributed by atoms with Gasteiger partial charge >= 0.3 is 0 Å². The Kier molecular flexibility index (Phi) is 6.40. The molecule has 2 N–H and O–H groups in total. The smallest absolute Gasteiger partial charge is 0.230 e. The first-order valence-electron chi connectivity index (χ1n) is 9.16. The van der Waals surface area contributed by atoms with E-state index in [1.54, 1.807) is 0 Å². The average Bonchev–Trinajstić information content (AvgIpc) is 3.09. The zero-order valence-corrected chi connectivity index (χ0v) is 16.7. The van der Waals surface area contributed by atoms with Gasteiger partial charge in [0.1, 0.15) is 11.6 Å². The number of benzene rings is 2. The molecule has 1 amide bonds. The Morgan fingerprint density at radius 2 is 1.93 bits per heavy atom. The summed E-state index contributed by atoms with van der Waals surface area (Å²) in [5, 5.41) is 3.12. The average molecular weight is 384 g/mol. The molecule has 1 atom stereocenters. The summed E-state index contributed by atoms with van der Waals surface area (Å²) < 4.78 is 5.44. The fourth-order valence-corrected chi connectivity index (χ4v) is 3.54. The summed E-state index contributed by atoms with van der Waals surface area (Å²) in [6, 6.07) is 15.5. The first-order chi connectivity index (χ1) is 13.1. The molecule has 5 nitrogen and oxygen atoms in total. The van der Waals surface area contributed by atoms with Crippen LogP contribution in [0.15, 0.2) is 53.4 Å². The second kappa shape index (κ2) is 8.95. The molecule has 27 heavy (non-hydrogen) atoms. The fraction of sp³-hybridized carbons (Fsp3) is 0.333. The van der Waals surface area contributed by atoms with E-state index in [-0.39, 0.29) is 17.9 Å². The summed E-state index contributed by atoms with van der Waals surface area (Å²) in [7, 11) is 0. The third kappa shape index (κ3) is 5.04. The lowest BCUT2D eigenvalue weighted by atomic mass is 10.0. The van der Waals surface area contributed by atoms with E-state index >= 15 is 0 Å². The number of nitrogens with zero attached hydrogens (tertiary/aromatic N) is 1. The summed E-state index contributed by atoms with van der Waals surface area (Å²) in [4.78, 5) is 21.5. The molecule has 3 rings (SSSR count). The van der Waals surface area contributed by atoms with Gasteiger partial charge in [-0.25, -0.2) is 4.98 Å². The molecule has 0 fully saturated rings. The number of hydrogen-bond acceptors (Lipinski definition) is 4. The van der Waals surface area contributed by atoms with Crippen LogP contribution in [0.25, 0.3) is 11.0 Å². The number of ether oxygens (including phenoxy) is 1. The fourth-order valence-electron chi connectivity index (χ4n) is 2.83. The van der Waals surface area contributed by atoms with E-state index in [0.717, 1.165) is 27.5 Å². The number of aromatic amines is 1. The Balaban J connectivity index is 1.61. The lowest BCUT2D eigenvalue weighted by Gasteiger charge is -2.20. The van der Waals surface area contributed by atoms with Crippen LogP contribution in [0.2, 0.25) is 0 Å². The molecule has 0 unspecified atom stereocenters. The minimum atomic E-state index is -0.147. The van der Waals surface area contributed by atoms with Crippen molar-refractivity contribution in [1.82, 2.24) is 15.3 Å². The van der Waals surface area contributed by atoms with E-state index in [4.69, 9.17) is 4.74 Å². The molecule has 0 aliphatic carbocycles. The van der Waals surface area contributed by atoms with Crippen molar-refractivity contribution in [1.29, 1.82) is 0 Å². The van der Waals surface area contributed by atoms with Crippen molar-refractivity contribution >= 4 is 28.7 Å². The highest BCUT2D eigenvalue weighted by Gasteiger charge is 2.21. The van der Waals surface area contributed by atoms with Crippen LogP contribution in [0.3, 0.4) is 0 Å². The second-order valence-corrected chi connectivity index (χ2v) is 7.67. The Morgan fingerprint density at radius 3 is 2.59 bits per heavy atom. The van der Waals surface area contributed by atoms with Crippen molar-refractivity contribution < 1.29 is 9.53 Å². The molecule has 0 spiro atoms. The normalized spacial score (nSPS) is 12.3. The second-order valence-electron chi connectivity index (χ2n) is 6.62. The Labute approximate surface area is 163 Å². The highest BCUT2D eigenvalue weighted by Crippen LogP contribution is 2.24. The van der Waals surface area contributed by atoms with Crippen LogP contribution < -0.4 is 10.1 Å². The quantitative estimate of drug-likeness (QED) is 0.559. The summed E-state index contributed by atoms with van der Waals surface area (Å²) in [5.41, 5.74) is 1.90. The van der Waals surface area contributed by atoms with Crippen LogP contribution in [0.5, 0.6) is 5.75 Å². The highest BCUT2D eigenvalue weighted by molar-refractivity contribution is 8.00. The van der Waals surface area contributed by atoms with E-state index in [9.17, 15) is 4.79 Å². The largest absolute Gasteiger partial charge is 0.494 e. The van der Waals surface area contributed by atoms with Crippen molar-refractivity contribution in [2.75, 3.05) is 12.4 Å². The van der Waals surface area contributed by atoms with Crippen LogP contribution in [-0.4, -0.2) is 28.2 Å². The van der Waals surface area contributed by atoms with Gasteiger partial charge in [0.25, 0.3) is 0 Å². The number of rotatable bonds is 8. The molecule has 142 valence electrons. The van der Waals surface area contributed by atoms with Gasteiger partial charge in [-0.1, -0.05) is 26.0 Å². The van der Waals surface area contributed by atoms with Crippen molar-refractivity contribution in [2.45, 2.75) is 31.7 Å². The van der Waals surface area contributed by atoms with Gasteiger partial charge < -0.3 is 15.0 Å². The zero-order chi connectivity index (χ0) is 19.2. The predicted octanol–water partition coefficient (Wildman–Crippen LogP) is 4.57. The lowest BCUT2D eigenvalue weighted by Crippen LogP contribution is -2.33. The third-order valence-corrected chi connectivity index (χ3v) is 5.20. The maximum atomic E-state index is 12.5. The number of para-hydroxylation sites is 2. The molecule has 0 saturated heterocycles. The molecule has 2 aromatic carbocycles. The first-order valence-corrected chi connectivity index (χ1v) is 10.1. The van der Waals surface area contributed by atoms with Crippen molar-refractivity contribution in [3.8, 4) is 5.75 Å². The van der Waals surface area contributed by atoms with Crippen LogP contribution in [-0.2, 0) is 4.79 Å². The molecule has 0 aliphatic heterocycles. The van der Waals surface area contributed by atoms with E-state index in [1.807, 2.05) is 55.5 Å². The molecular formula is C21H25N3O2S. The number of aromatic nitrogens is 2. The van der Waals surface area contributed by atoms with E-state index in [1.165, 1.54) is 11.8 Å². The van der Waals surface area contributed by atoms with Gasteiger partial charge in [0.05, 0.1) is 29.4 Å². The van der Waals surface area contributed by atoms with Gasteiger partial charge in [0.2, 0.25) is 5.91 Å². The monoisotopic (exact) mass is 383 g/mol. The lowest BCUT2D eigenvalue weighted by molar-refractivity contribution is -0.119. The number of imidazole rings is 1. The van der Waals surface area contributed by atoms with E-state index in [0.29, 0.717) is 12.4 Å². The number of carbonyl (C=O) groups excluding carboxylic acids is 1. The molecule has 0 radical (unpaired) electrons. The number of hydrogen-bond donors (Lipinski definition) is 2. The molecule has 6 heteroatoms. The van der Waals surface area contributed by atoms with Gasteiger partial charge in [-0.15, -0.1) is 11.8 Å². The standard InChI is InChI=1S/C21H25N3O2S/c1-4-26-15-9-11-16(12-10-15)27-13-19(25)24-20(14(2)3)21-22-17-7-5-6-8-18(17)23-21/h5-12,14,20H,4,13H2,1-3H3,(H,22,23)(H,24,25)/t20-/m0/s1. The molecule has 0 bridgehead atoms. The van der Waals surface area contributed by atoms with Crippen molar-refractivity contribution in [3.05, 3.63) is 54.4 Å². The van der Waals surface area contributed by atoms with Gasteiger partial charge in [0, 0.05) is 4.90 Å². The van der Waals surface area contributed by atoms with E-state index < -0.39 is 0 Å². The first kappa shape index (κ1) is 19.3. The molecule has 0 aliphatic rings. The van der Waals surface area contributed by atoms with Gasteiger partial charge in [-0.2, -0.15) is 0 Å². The Morgan fingerprint density at radius 1 is 1.19 bits per heavy atom. The predicted molar refractivity (Wildman–Crippen MR) is 110 cm³/mol. The minimum Gasteiger partial charge on any atom is -0.494 e. The van der Waals surface area contributed by atoms with E-state index in [2.05, 4.69) is 29.1 Å². The summed E-state index contributed by atoms with van der Waals surface area (Å²) in [6.07, 6.45) is 0. The molecule has 1 heterocycles. The molecule has 1 aromatic heterocycles. The highest BCUT2D eigenvalue weighted by atomic mass is 32.2. The van der Waals surface area contributed by atoms with Crippen molar-refractivity contribution in [2.24, 2.45) is 5.92 Å². The number of nitrogens with one attached hydrogen (secondary N) is 2.